The Hall–Kier alpha value is -0.120. The Morgan fingerprint density at radius 2 is 1.36 bits per heavy atom. The van der Waals surface area contributed by atoms with Gasteiger partial charge >= 0.3 is 0 Å². The fourth-order valence-electron chi connectivity index (χ4n) is 11.3. The Morgan fingerprint density at radius 3 is 2.03 bits per heavy atom. The van der Waals surface area contributed by atoms with E-state index >= 15 is 0 Å². The fraction of sp³-hybridized carbons (Fsp3) is 1.00. The van der Waals surface area contributed by atoms with Gasteiger partial charge in [0.1, 0.15) is 0 Å². The van der Waals surface area contributed by atoms with Gasteiger partial charge in [-0.2, -0.15) is 0 Å². The summed E-state index contributed by atoms with van der Waals surface area (Å²) in [4.78, 5) is 0. The van der Waals surface area contributed by atoms with Crippen molar-refractivity contribution in [3.63, 3.8) is 0 Å². The van der Waals surface area contributed by atoms with Crippen molar-refractivity contribution in [2.24, 2.45) is 45.3 Å². The van der Waals surface area contributed by atoms with Crippen molar-refractivity contribution in [3.05, 3.63) is 0 Å². The predicted octanol–water partition coefficient (Wildman–Crippen LogP) is 6.74. The van der Waals surface area contributed by atoms with E-state index in [1.54, 1.807) is 0 Å². The SMILES string of the molecule is CC1(C)CCC[C@@](C)([C@H]2CC[C@]3(C)[C@@H]2[C@H](O)C[C@@H]2[C@@]4(C)CC[C@H](O)C(C)(C)[C@@H]4CC[C@]23C)O1. The molecular weight excluding hydrogens is 408 g/mol. The average Bonchev–Trinajstić information content (AvgIpc) is 3.07. The van der Waals surface area contributed by atoms with Crippen LogP contribution in [-0.2, 0) is 4.74 Å². The lowest BCUT2D eigenvalue weighted by Crippen LogP contribution is -2.66. The van der Waals surface area contributed by atoms with Gasteiger partial charge in [0.05, 0.1) is 23.4 Å². The molecule has 0 bridgehead atoms. The lowest BCUT2D eigenvalue weighted by Gasteiger charge is -2.70. The van der Waals surface area contributed by atoms with Crippen LogP contribution in [-0.4, -0.2) is 33.6 Å². The molecule has 3 nitrogen and oxygen atoms in total. The highest BCUT2D eigenvalue weighted by atomic mass is 16.5. The standard InChI is InChI=1S/C30H52O3/c1-25(2)13-9-14-30(8,33-25)19-10-16-29(7)24(19)20(31)18-22-27(5)15-12-23(32)26(3,4)21(27)11-17-28(22,29)6/h19-24,31-32H,9-18H2,1-8H3/t19-,20+,21-,22+,23-,24-,27-,28+,29+,30-/m0/s1. The minimum absolute atomic E-state index is 0.0375. The molecule has 0 aromatic carbocycles. The minimum Gasteiger partial charge on any atom is -0.393 e. The molecule has 0 spiro atoms. The van der Waals surface area contributed by atoms with E-state index in [4.69, 9.17) is 4.74 Å². The van der Waals surface area contributed by atoms with Crippen LogP contribution in [0.5, 0.6) is 0 Å². The van der Waals surface area contributed by atoms with E-state index < -0.39 is 0 Å². The number of aliphatic hydroxyl groups excluding tert-OH is 2. The first-order valence-corrected chi connectivity index (χ1v) is 14.2. The van der Waals surface area contributed by atoms with E-state index in [2.05, 4.69) is 55.4 Å². The zero-order chi connectivity index (χ0) is 24.2. The Bertz CT molecular complexity index is 789. The maximum Gasteiger partial charge on any atom is 0.0693 e. The van der Waals surface area contributed by atoms with Crippen LogP contribution >= 0.6 is 0 Å². The van der Waals surface area contributed by atoms with Gasteiger partial charge in [0, 0.05) is 0 Å². The second-order valence-electron chi connectivity index (χ2n) is 15.4. The fourth-order valence-corrected chi connectivity index (χ4v) is 11.3. The number of ether oxygens (including phenoxy) is 1. The van der Waals surface area contributed by atoms with E-state index in [-0.39, 0.29) is 45.1 Å². The molecule has 1 aliphatic heterocycles. The predicted molar refractivity (Wildman–Crippen MR) is 134 cm³/mol. The second kappa shape index (κ2) is 7.22. The number of rotatable bonds is 1. The summed E-state index contributed by atoms with van der Waals surface area (Å²) in [7, 11) is 0. The van der Waals surface area contributed by atoms with Crippen LogP contribution in [0.25, 0.3) is 0 Å². The van der Waals surface area contributed by atoms with E-state index in [0.29, 0.717) is 23.7 Å². The summed E-state index contributed by atoms with van der Waals surface area (Å²) >= 11 is 0. The Labute approximate surface area is 203 Å². The molecule has 5 fully saturated rings. The molecule has 0 amide bonds. The molecule has 0 aromatic rings. The van der Waals surface area contributed by atoms with Gasteiger partial charge in [0.2, 0.25) is 0 Å². The molecule has 0 unspecified atom stereocenters. The van der Waals surface area contributed by atoms with Crippen LogP contribution in [0.2, 0.25) is 0 Å². The normalized spacial score (nSPS) is 57.6. The topological polar surface area (TPSA) is 49.7 Å². The van der Waals surface area contributed by atoms with E-state index in [1.807, 2.05) is 0 Å². The zero-order valence-electron chi connectivity index (χ0n) is 22.8. The third-order valence-corrected chi connectivity index (χ3v) is 13.1. The van der Waals surface area contributed by atoms with Crippen molar-refractivity contribution >= 4 is 0 Å². The van der Waals surface area contributed by atoms with Crippen LogP contribution in [0.3, 0.4) is 0 Å². The Kier molecular flexibility index (Phi) is 5.38. The van der Waals surface area contributed by atoms with Gasteiger partial charge in [-0.3, -0.25) is 0 Å². The quantitative estimate of drug-likeness (QED) is 0.455. The molecule has 33 heavy (non-hydrogen) atoms. The van der Waals surface area contributed by atoms with Crippen molar-refractivity contribution in [3.8, 4) is 0 Å². The summed E-state index contributed by atoms with van der Waals surface area (Å²) in [5.74, 6) is 1.85. The van der Waals surface area contributed by atoms with E-state index in [1.165, 1.54) is 32.1 Å². The molecule has 10 atom stereocenters. The smallest absolute Gasteiger partial charge is 0.0693 e. The van der Waals surface area contributed by atoms with Gasteiger partial charge < -0.3 is 14.9 Å². The molecule has 0 radical (unpaired) electrons. The lowest BCUT2D eigenvalue weighted by atomic mass is 9.35. The average molecular weight is 461 g/mol. The van der Waals surface area contributed by atoms with Gasteiger partial charge in [-0.15, -0.1) is 0 Å². The third-order valence-electron chi connectivity index (χ3n) is 13.1. The second-order valence-corrected chi connectivity index (χ2v) is 15.4. The molecule has 1 heterocycles. The van der Waals surface area contributed by atoms with Crippen LogP contribution in [0.1, 0.15) is 120 Å². The summed E-state index contributed by atoms with van der Waals surface area (Å²) in [5, 5.41) is 22.8. The summed E-state index contributed by atoms with van der Waals surface area (Å²) in [5.41, 5.74) is 0.392. The van der Waals surface area contributed by atoms with E-state index in [0.717, 1.165) is 32.1 Å². The van der Waals surface area contributed by atoms with Crippen molar-refractivity contribution in [2.45, 2.75) is 143 Å². The molecule has 5 rings (SSSR count). The van der Waals surface area contributed by atoms with Crippen molar-refractivity contribution in [1.82, 2.24) is 0 Å². The number of hydrogen-bond acceptors (Lipinski definition) is 3. The van der Waals surface area contributed by atoms with Crippen molar-refractivity contribution in [2.75, 3.05) is 0 Å². The first-order chi connectivity index (χ1) is 15.1. The molecule has 4 saturated carbocycles. The molecule has 0 aromatic heterocycles. The first kappa shape index (κ1) is 24.6. The minimum atomic E-state index is -0.239. The molecular formula is C30H52O3. The summed E-state index contributed by atoms with van der Waals surface area (Å²) in [6.45, 7) is 19.2. The van der Waals surface area contributed by atoms with Crippen LogP contribution in [0.15, 0.2) is 0 Å². The Morgan fingerprint density at radius 1 is 0.697 bits per heavy atom. The van der Waals surface area contributed by atoms with Crippen LogP contribution in [0, 0.1) is 45.3 Å². The Balaban J connectivity index is 1.51. The maximum atomic E-state index is 11.9. The highest BCUT2D eigenvalue weighted by molar-refractivity contribution is 5.20. The molecule has 2 N–H and O–H groups in total. The molecule has 1 saturated heterocycles. The van der Waals surface area contributed by atoms with Gasteiger partial charge in [-0.25, -0.2) is 0 Å². The maximum absolute atomic E-state index is 11.9. The summed E-state index contributed by atoms with van der Waals surface area (Å²) in [6, 6.07) is 0. The summed E-state index contributed by atoms with van der Waals surface area (Å²) < 4.78 is 6.86. The molecule has 3 heteroatoms. The highest BCUT2D eigenvalue weighted by Crippen LogP contribution is 2.76. The van der Waals surface area contributed by atoms with Crippen LogP contribution in [0.4, 0.5) is 0 Å². The monoisotopic (exact) mass is 460 g/mol. The number of aliphatic hydroxyl groups is 2. The van der Waals surface area contributed by atoms with E-state index in [9.17, 15) is 10.2 Å². The lowest BCUT2D eigenvalue weighted by molar-refractivity contribution is -0.257. The largest absolute Gasteiger partial charge is 0.393 e. The van der Waals surface area contributed by atoms with Crippen molar-refractivity contribution < 1.29 is 14.9 Å². The van der Waals surface area contributed by atoms with Gasteiger partial charge in [0.25, 0.3) is 0 Å². The molecule has 190 valence electrons. The zero-order valence-corrected chi connectivity index (χ0v) is 22.8. The third kappa shape index (κ3) is 3.16. The molecule has 5 aliphatic rings. The van der Waals surface area contributed by atoms with Gasteiger partial charge in [0.15, 0.2) is 0 Å². The number of fused-ring (bicyclic) bond motifs is 5. The molecule has 4 aliphatic carbocycles. The van der Waals surface area contributed by atoms with Crippen LogP contribution < -0.4 is 0 Å². The number of hydrogen-bond donors (Lipinski definition) is 2. The van der Waals surface area contributed by atoms with Gasteiger partial charge in [-0.05, 0) is 130 Å². The highest BCUT2D eigenvalue weighted by Gasteiger charge is 2.71. The summed E-state index contributed by atoms with van der Waals surface area (Å²) in [6.07, 6.45) is 10.9. The first-order valence-electron chi connectivity index (χ1n) is 14.2. The van der Waals surface area contributed by atoms with Crippen molar-refractivity contribution in [1.29, 1.82) is 0 Å². The van der Waals surface area contributed by atoms with Gasteiger partial charge in [-0.1, -0.05) is 34.6 Å².